The van der Waals surface area contributed by atoms with Crippen molar-refractivity contribution in [2.75, 3.05) is 6.61 Å². The van der Waals surface area contributed by atoms with Crippen LogP contribution in [0.5, 0.6) is 5.75 Å². The molecule has 0 saturated heterocycles. The molecule has 0 radical (unpaired) electrons. The highest BCUT2D eigenvalue weighted by atomic mass is 19.4. The van der Waals surface area contributed by atoms with Gasteiger partial charge in [-0.2, -0.15) is 5.26 Å². The number of rotatable bonds is 9. The fraction of sp³-hybridized carbons (Fsp3) is 0.593. The Hall–Kier alpha value is -2.26. The van der Waals surface area contributed by atoms with E-state index >= 15 is 0 Å². The van der Waals surface area contributed by atoms with Gasteiger partial charge in [0.1, 0.15) is 5.75 Å². The van der Waals surface area contributed by atoms with E-state index in [1.54, 1.807) is 18.2 Å². The lowest BCUT2D eigenvalue weighted by atomic mass is 9.80. The minimum Gasteiger partial charge on any atom is -0.406 e. The van der Waals surface area contributed by atoms with Gasteiger partial charge in [0.25, 0.3) is 0 Å². The van der Waals surface area contributed by atoms with Crippen molar-refractivity contribution in [1.82, 2.24) is 0 Å². The molecule has 0 spiro atoms. The van der Waals surface area contributed by atoms with Crippen molar-refractivity contribution in [2.45, 2.75) is 82.6 Å². The van der Waals surface area contributed by atoms with Gasteiger partial charge in [0.05, 0.1) is 12.2 Å². The SMILES string of the molecule is N#C/C=C/C=C/CCC1CCC(COC2CCC(c3ccc(OC(F)(F)F)cc3)CC2)CC1. The largest absolute Gasteiger partial charge is 0.573 e. The summed E-state index contributed by atoms with van der Waals surface area (Å²) >= 11 is 0. The second kappa shape index (κ2) is 12.8. The van der Waals surface area contributed by atoms with Gasteiger partial charge in [-0.3, -0.25) is 0 Å². The molecule has 1 aromatic rings. The van der Waals surface area contributed by atoms with Crippen LogP contribution in [0.3, 0.4) is 0 Å². The van der Waals surface area contributed by atoms with Crippen LogP contribution in [-0.2, 0) is 4.74 Å². The zero-order chi connectivity index (χ0) is 23.5. The zero-order valence-corrected chi connectivity index (χ0v) is 19.1. The molecule has 2 fully saturated rings. The lowest BCUT2D eigenvalue weighted by Gasteiger charge is -2.32. The van der Waals surface area contributed by atoms with Gasteiger partial charge in [0, 0.05) is 12.7 Å². The smallest absolute Gasteiger partial charge is 0.406 e. The number of alkyl halides is 3. The summed E-state index contributed by atoms with van der Waals surface area (Å²) in [6.45, 7) is 0.852. The molecule has 0 amide bonds. The van der Waals surface area contributed by atoms with Crippen LogP contribution in [0.4, 0.5) is 13.2 Å². The standard InChI is InChI=1S/C27H34F3NO2/c28-27(29,30)33-26-17-13-24(14-18-26)23-11-15-25(16-12-23)32-20-22-9-7-21(8-10-22)6-4-2-1-3-5-19-31/h1-3,5,13-14,17-18,21-23,25H,4,6-12,15-16,20H2/b2-1+,5-3+. The van der Waals surface area contributed by atoms with Crippen LogP contribution in [0.25, 0.3) is 0 Å². The van der Waals surface area contributed by atoms with Crippen molar-refractivity contribution >= 4 is 0 Å². The molecular formula is C27H34F3NO2. The van der Waals surface area contributed by atoms with E-state index in [9.17, 15) is 13.2 Å². The van der Waals surface area contributed by atoms with Crippen LogP contribution in [0, 0.1) is 23.2 Å². The van der Waals surface area contributed by atoms with Crippen molar-refractivity contribution < 1.29 is 22.6 Å². The highest BCUT2D eigenvalue weighted by Gasteiger charge is 2.31. The van der Waals surface area contributed by atoms with Crippen molar-refractivity contribution in [3.63, 3.8) is 0 Å². The molecule has 0 heterocycles. The number of hydrogen-bond donors (Lipinski definition) is 0. The van der Waals surface area contributed by atoms with E-state index in [2.05, 4.69) is 10.8 Å². The van der Waals surface area contributed by atoms with E-state index in [1.165, 1.54) is 50.3 Å². The Morgan fingerprint density at radius 3 is 2.21 bits per heavy atom. The summed E-state index contributed by atoms with van der Waals surface area (Å²) in [5, 5.41) is 8.46. The van der Waals surface area contributed by atoms with Gasteiger partial charge in [-0.25, -0.2) is 0 Å². The van der Waals surface area contributed by atoms with Gasteiger partial charge in [-0.1, -0.05) is 43.2 Å². The third-order valence-corrected chi connectivity index (χ3v) is 6.95. The first-order valence-electron chi connectivity index (χ1n) is 12.1. The molecule has 3 nitrogen and oxygen atoms in total. The van der Waals surface area contributed by atoms with Crippen molar-refractivity contribution in [1.29, 1.82) is 5.26 Å². The lowest BCUT2D eigenvalue weighted by molar-refractivity contribution is -0.274. The Labute approximate surface area is 195 Å². The van der Waals surface area contributed by atoms with Gasteiger partial charge in [-0.15, -0.1) is 13.2 Å². The maximum Gasteiger partial charge on any atom is 0.573 e. The molecular weight excluding hydrogens is 427 g/mol. The lowest BCUT2D eigenvalue weighted by Crippen LogP contribution is -2.25. The molecule has 0 unspecified atom stereocenters. The van der Waals surface area contributed by atoms with Gasteiger partial charge in [0.15, 0.2) is 0 Å². The van der Waals surface area contributed by atoms with E-state index in [-0.39, 0.29) is 5.75 Å². The van der Waals surface area contributed by atoms with E-state index < -0.39 is 6.36 Å². The molecule has 0 aliphatic heterocycles. The number of benzene rings is 1. The summed E-state index contributed by atoms with van der Waals surface area (Å²) < 4.78 is 47.2. The summed E-state index contributed by atoms with van der Waals surface area (Å²) in [4.78, 5) is 0. The first-order valence-corrected chi connectivity index (χ1v) is 12.1. The topological polar surface area (TPSA) is 42.2 Å². The van der Waals surface area contributed by atoms with Crippen LogP contribution in [0.1, 0.15) is 75.7 Å². The van der Waals surface area contributed by atoms with Gasteiger partial charge < -0.3 is 9.47 Å². The first kappa shape index (κ1) is 25.4. The minimum atomic E-state index is -4.65. The fourth-order valence-corrected chi connectivity index (χ4v) is 5.07. The second-order valence-corrected chi connectivity index (χ2v) is 9.30. The molecule has 0 aromatic heterocycles. The Bertz CT molecular complexity index is 794. The molecule has 2 saturated carbocycles. The fourth-order valence-electron chi connectivity index (χ4n) is 5.07. The summed E-state index contributed by atoms with van der Waals surface area (Å²) in [5.74, 6) is 1.68. The summed E-state index contributed by atoms with van der Waals surface area (Å²) in [5.41, 5.74) is 1.08. The normalized spacial score (nSPS) is 26.5. The molecule has 1 aromatic carbocycles. The average Bonchev–Trinajstić information content (AvgIpc) is 2.81. The molecule has 0 atom stereocenters. The van der Waals surface area contributed by atoms with E-state index in [0.29, 0.717) is 17.9 Å². The first-order chi connectivity index (χ1) is 15.9. The third kappa shape index (κ3) is 9.25. The number of allylic oxidation sites excluding steroid dienone is 4. The highest BCUT2D eigenvalue weighted by molar-refractivity contribution is 5.29. The average molecular weight is 462 g/mol. The predicted molar refractivity (Wildman–Crippen MR) is 123 cm³/mol. The van der Waals surface area contributed by atoms with Crippen molar-refractivity contribution in [2.24, 2.45) is 11.8 Å². The molecule has 6 heteroatoms. The van der Waals surface area contributed by atoms with Crippen LogP contribution in [0.15, 0.2) is 48.6 Å². The number of nitrogens with zero attached hydrogens (tertiary/aromatic N) is 1. The molecule has 33 heavy (non-hydrogen) atoms. The number of halogens is 3. The van der Waals surface area contributed by atoms with E-state index in [1.807, 2.05) is 12.1 Å². The third-order valence-electron chi connectivity index (χ3n) is 6.95. The number of ether oxygens (including phenoxy) is 2. The monoisotopic (exact) mass is 461 g/mol. The summed E-state index contributed by atoms with van der Waals surface area (Å²) in [7, 11) is 0. The van der Waals surface area contributed by atoms with Crippen LogP contribution < -0.4 is 4.74 Å². The zero-order valence-electron chi connectivity index (χ0n) is 19.1. The Kier molecular flexibility index (Phi) is 9.87. The second-order valence-electron chi connectivity index (χ2n) is 9.30. The molecule has 0 bridgehead atoms. The minimum absolute atomic E-state index is 0.165. The Morgan fingerprint density at radius 2 is 1.58 bits per heavy atom. The maximum absolute atomic E-state index is 12.3. The highest BCUT2D eigenvalue weighted by Crippen LogP contribution is 2.36. The maximum atomic E-state index is 12.3. The van der Waals surface area contributed by atoms with Crippen LogP contribution in [-0.4, -0.2) is 19.1 Å². The molecule has 3 rings (SSSR count). The summed E-state index contributed by atoms with van der Waals surface area (Å²) in [6.07, 6.45) is 14.4. The predicted octanol–water partition coefficient (Wildman–Crippen LogP) is 7.85. The molecule has 2 aliphatic rings. The van der Waals surface area contributed by atoms with Gasteiger partial charge >= 0.3 is 6.36 Å². The Morgan fingerprint density at radius 1 is 0.909 bits per heavy atom. The molecule has 180 valence electrons. The summed E-state index contributed by atoms with van der Waals surface area (Å²) in [6, 6.07) is 8.31. The quantitative estimate of drug-likeness (QED) is 0.278. The number of nitriles is 1. The van der Waals surface area contributed by atoms with Gasteiger partial charge in [-0.05, 0) is 86.8 Å². The van der Waals surface area contributed by atoms with E-state index in [0.717, 1.165) is 50.2 Å². The van der Waals surface area contributed by atoms with Crippen LogP contribution >= 0.6 is 0 Å². The van der Waals surface area contributed by atoms with Crippen molar-refractivity contribution in [3.05, 3.63) is 54.1 Å². The Balaban J connectivity index is 1.29. The number of hydrogen-bond acceptors (Lipinski definition) is 3. The van der Waals surface area contributed by atoms with Crippen molar-refractivity contribution in [3.8, 4) is 11.8 Å². The van der Waals surface area contributed by atoms with Gasteiger partial charge in [0.2, 0.25) is 0 Å². The van der Waals surface area contributed by atoms with Crippen LogP contribution in [0.2, 0.25) is 0 Å². The molecule has 2 aliphatic carbocycles. The van der Waals surface area contributed by atoms with E-state index in [4.69, 9.17) is 10.00 Å². The molecule has 0 N–H and O–H groups in total.